The molecule has 0 saturated heterocycles. The Balaban J connectivity index is 2.08. The summed E-state index contributed by atoms with van der Waals surface area (Å²) in [6.45, 7) is 13.3. The lowest BCUT2D eigenvalue weighted by Gasteiger charge is -2.42. The Morgan fingerprint density at radius 2 is 1.52 bits per heavy atom. The van der Waals surface area contributed by atoms with Crippen molar-refractivity contribution in [3.63, 3.8) is 0 Å². The predicted molar refractivity (Wildman–Crippen MR) is 130 cm³/mol. The molecule has 7 heteroatoms. The fourth-order valence-corrected chi connectivity index (χ4v) is 4.07. The first-order valence-electron chi connectivity index (χ1n) is 11.6. The lowest BCUT2D eigenvalue weighted by atomic mass is 9.99. The highest BCUT2D eigenvalue weighted by molar-refractivity contribution is 6.10. The number of aryl methyl sites for hydroxylation is 2. The Morgan fingerprint density at radius 1 is 0.879 bits per heavy atom. The molecule has 1 atom stereocenters. The average Bonchev–Trinajstić information content (AvgIpc) is 2.80. The van der Waals surface area contributed by atoms with E-state index in [-0.39, 0.29) is 18.0 Å². The van der Waals surface area contributed by atoms with E-state index < -0.39 is 0 Å². The third-order valence-electron chi connectivity index (χ3n) is 5.87. The van der Waals surface area contributed by atoms with E-state index in [0.717, 1.165) is 11.1 Å². The van der Waals surface area contributed by atoms with Gasteiger partial charge in [0, 0.05) is 12.1 Å². The lowest BCUT2D eigenvalue weighted by molar-refractivity contribution is 0.0981. The van der Waals surface area contributed by atoms with Gasteiger partial charge in [-0.3, -0.25) is 9.69 Å². The van der Waals surface area contributed by atoms with Crippen LogP contribution in [0.4, 0.5) is 16.2 Å². The summed E-state index contributed by atoms with van der Waals surface area (Å²) in [7, 11) is 0. The molecule has 3 rings (SSSR count). The lowest BCUT2D eigenvalue weighted by Crippen LogP contribution is -2.53. The maximum Gasteiger partial charge on any atom is 0.414 e. The molecule has 0 saturated carbocycles. The van der Waals surface area contributed by atoms with Gasteiger partial charge in [-0.25, -0.2) is 4.79 Å². The Kier molecular flexibility index (Phi) is 7.84. The average molecular weight is 455 g/mol. The monoisotopic (exact) mass is 454 g/mol. The highest BCUT2D eigenvalue weighted by Gasteiger charge is 2.37. The van der Waals surface area contributed by atoms with Crippen molar-refractivity contribution in [3.05, 3.63) is 47.0 Å². The Hall–Kier alpha value is -3.22. The van der Waals surface area contributed by atoms with Gasteiger partial charge in [0.25, 0.3) is 5.91 Å². The number of amides is 2. The molecule has 178 valence electrons. The smallest absolute Gasteiger partial charge is 0.414 e. The second-order valence-corrected chi connectivity index (χ2v) is 8.00. The summed E-state index contributed by atoms with van der Waals surface area (Å²) in [5.41, 5.74) is 4.00. The van der Waals surface area contributed by atoms with Crippen LogP contribution >= 0.6 is 0 Å². The number of hydrogen-bond acceptors (Lipinski definition) is 5. The number of fused-ring (bicyclic) bond motifs is 1. The summed E-state index contributed by atoms with van der Waals surface area (Å²) in [6.07, 6.45) is 0.295. The number of benzene rings is 2. The van der Waals surface area contributed by atoms with Crippen LogP contribution in [0.15, 0.2) is 30.3 Å². The Labute approximate surface area is 196 Å². The van der Waals surface area contributed by atoms with Crippen molar-refractivity contribution in [2.45, 2.75) is 54.0 Å². The third-order valence-corrected chi connectivity index (χ3v) is 5.87. The molecule has 1 unspecified atom stereocenters. The van der Waals surface area contributed by atoms with Crippen LogP contribution in [0, 0.1) is 13.8 Å². The van der Waals surface area contributed by atoms with Gasteiger partial charge in [0.15, 0.2) is 11.5 Å². The van der Waals surface area contributed by atoms with Crippen LogP contribution in [0.1, 0.15) is 55.6 Å². The number of carbonyl (C=O) groups excluding carboxylic acids is 2. The number of ether oxygens (including phenoxy) is 3. The molecule has 0 aliphatic carbocycles. The molecular formula is C26H34N2O5. The first kappa shape index (κ1) is 24.4. The molecule has 33 heavy (non-hydrogen) atoms. The normalized spacial score (nSPS) is 15.2. The summed E-state index contributed by atoms with van der Waals surface area (Å²) >= 11 is 0. The van der Waals surface area contributed by atoms with Crippen molar-refractivity contribution in [1.29, 1.82) is 0 Å². The van der Waals surface area contributed by atoms with Gasteiger partial charge in [-0.15, -0.1) is 0 Å². The summed E-state index contributed by atoms with van der Waals surface area (Å²) < 4.78 is 16.7. The molecule has 0 bridgehead atoms. The minimum atomic E-state index is -0.388. The van der Waals surface area contributed by atoms with Crippen LogP contribution in [0.5, 0.6) is 11.5 Å². The van der Waals surface area contributed by atoms with Crippen LogP contribution in [-0.2, 0) is 4.74 Å². The quantitative estimate of drug-likeness (QED) is 0.552. The summed E-state index contributed by atoms with van der Waals surface area (Å²) in [4.78, 5) is 30.1. The van der Waals surface area contributed by atoms with Gasteiger partial charge in [0.05, 0.1) is 37.2 Å². The van der Waals surface area contributed by atoms with E-state index in [4.69, 9.17) is 14.2 Å². The zero-order valence-electron chi connectivity index (χ0n) is 20.4. The van der Waals surface area contributed by atoms with Crippen LogP contribution in [0.2, 0.25) is 0 Å². The maximum absolute atomic E-state index is 13.7. The number of nitrogens with zero attached hydrogens (tertiary/aromatic N) is 2. The number of carbonyl (C=O) groups is 2. The first-order valence-corrected chi connectivity index (χ1v) is 11.6. The SMILES string of the molecule is CCOC(=O)N1c2cc(C)c(C)cc2N(C(=O)c2ccc(OCC)c(OCC)c2)CC1CC. The second kappa shape index (κ2) is 10.6. The number of hydrogen-bond donors (Lipinski definition) is 0. The van der Waals surface area contributed by atoms with Crippen molar-refractivity contribution < 1.29 is 23.8 Å². The van der Waals surface area contributed by atoms with Gasteiger partial charge in [0.1, 0.15) is 0 Å². The zero-order valence-corrected chi connectivity index (χ0v) is 20.4. The maximum atomic E-state index is 13.7. The van der Waals surface area contributed by atoms with Crippen LogP contribution in [0.3, 0.4) is 0 Å². The topological polar surface area (TPSA) is 68.3 Å². The van der Waals surface area contributed by atoms with Gasteiger partial charge in [-0.1, -0.05) is 6.92 Å². The standard InChI is InChI=1S/C26H34N2O5/c1-7-20-16-27(25(29)19-11-12-23(31-8-2)24(15-19)32-9-3)21-13-17(5)18(6)14-22(21)28(20)26(30)33-10-4/h11-15,20H,7-10,16H2,1-6H3. The van der Waals surface area contributed by atoms with Gasteiger partial charge < -0.3 is 19.1 Å². The minimum Gasteiger partial charge on any atom is -0.490 e. The molecule has 0 spiro atoms. The zero-order chi connectivity index (χ0) is 24.1. The molecule has 0 radical (unpaired) electrons. The first-order chi connectivity index (χ1) is 15.9. The summed E-state index contributed by atoms with van der Waals surface area (Å²) in [6, 6.07) is 9.00. The predicted octanol–water partition coefficient (Wildman–Crippen LogP) is 5.50. The van der Waals surface area contributed by atoms with Crippen molar-refractivity contribution in [1.82, 2.24) is 0 Å². The molecule has 1 aliphatic rings. The van der Waals surface area contributed by atoms with Gasteiger partial charge in [0.2, 0.25) is 0 Å². The largest absolute Gasteiger partial charge is 0.490 e. The molecule has 2 aromatic rings. The molecule has 1 heterocycles. The van der Waals surface area contributed by atoms with Crippen LogP contribution in [-0.4, -0.2) is 44.4 Å². The van der Waals surface area contributed by atoms with E-state index in [1.54, 1.807) is 34.9 Å². The third kappa shape index (κ3) is 4.92. The molecule has 7 nitrogen and oxygen atoms in total. The fraction of sp³-hybridized carbons (Fsp3) is 0.462. The number of anilines is 2. The van der Waals surface area contributed by atoms with Crippen molar-refractivity contribution >= 4 is 23.4 Å². The summed E-state index contributed by atoms with van der Waals surface area (Å²) in [5.74, 6) is 1.01. The molecule has 2 amide bonds. The van der Waals surface area contributed by atoms with E-state index in [2.05, 4.69) is 0 Å². The molecule has 0 fully saturated rings. The summed E-state index contributed by atoms with van der Waals surface area (Å²) in [5, 5.41) is 0. The molecular weight excluding hydrogens is 420 g/mol. The molecule has 2 aromatic carbocycles. The van der Waals surface area contributed by atoms with Crippen molar-refractivity contribution in [2.75, 3.05) is 36.2 Å². The molecule has 1 aliphatic heterocycles. The Morgan fingerprint density at radius 3 is 2.12 bits per heavy atom. The van der Waals surface area contributed by atoms with Crippen LogP contribution in [0.25, 0.3) is 0 Å². The van der Waals surface area contributed by atoms with E-state index >= 15 is 0 Å². The highest BCUT2D eigenvalue weighted by Crippen LogP contribution is 2.40. The van der Waals surface area contributed by atoms with E-state index in [0.29, 0.717) is 61.2 Å². The number of rotatable bonds is 7. The van der Waals surface area contributed by atoms with Gasteiger partial charge in [-0.05, 0) is 82.5 Å². The van der Waals surface area contributed by atoms with Gasteiger partial charge >= 0.3 is 6.09 Å². The molecule has 0 N–H and O–H groups in total. The van der Waals surface area contributed by atoms with Crippen molar-refractivity contribution in [3.8, 4) is 11.5 Å². The van der Waals surface area contributed by atoms with Gasteiger partial charge in [-0.2, -0.15) is 0 Å². The second-order valence-electron chi connectivity index (χ2n) is 8.00. The van der Waals surface area contributed by atoms with Crippen molar-refractivity contribution in [2.24, 2.45) is 0 Å². The Bertz CT molecular complexity index is 1020. The minimum absolute atomic E-state index is 0.148. The highest BCUT2D eigenvalue weighted by atomic mass is 16.6. The van der Waals surface area contributed by atoms with E-state index in [9.17, 15) is 9.59 Å². The van der Waals surface area contributed by atoms with E-state index in [1.807, 2.05) is 46.8 Å². The van der Waals surface area contributed by atoms with Crippen LogP contribution < -0.4 is 19.3 Å². The van der Waals surface area contributed by atoms with E-state index in [1.165, 1.54) is 0 Å². The fourth-order valence-electron chi connectivity index (χ4n) is 4.07. The molecule has 0 aromatic heterocycles.